The van der Waals surface area contributed by atoms with Crippen molar-refractivity contribution in [2.24, 2.45) is 0 Å². The van der Waals surface area contributed by atoms with Crippen molar-refractivity contribution in [3.63, 3.8) is 0 Å². The minimum Gasteiger partial charge on any atom is -0.493 e. The maximum atomic E-state index is 6.05. The van der Waals surface area contributed by atoms with Crippen molar-refractivity contribution in [1.82, 2.24) is 0 Å². The van der Waals surface area contributed by atoms with Gasteiger partial charge in [0.2, 0.25) is 0 Å². The van der Waals surface area contributed by atoms with Gasteiger partial charge in [0.15, 0.2) is 11.5 Å². The normalized spacial score (nSPS) is 10.4. The van der Waals surface area contributed by atoms with Crippen LogP contribution in [0.1, 0.15) is 18.1 Å². The highest BCUT2D eigenvalue weighted by molar-refractivity contribution is 14.1. The smallest absolute Gasteiger partial charge is 0.174 e. The number of halogens is 2. The molecule has 0 heterocycles. The van der Waals surface area contributed by atoms with Gasteiger partial charge < -0.3 is 14.8 Å². The SMILES string of the molecule is CCOc1c(I)cc(CNc2cc(Cl)ccc2C)cc1OC. The molecule has 5 heteroatoms. The molecule has 0 saturated carbocycles. The molecule has 1 N–H and O–H groups in total. The van der Waals surface area contributed by atoms with E-state index >= 15 is 0 Å². The van der Waals surface area contributed by atoms with Crippen LogP contribution in [-0.4, -0.2) is 13.7 Å². The van der Waals surface area contributed by atoms with Gasteiger partial charge in [0.25, 0.3) is 0 Å². The lowest BCUT2D eigenvalue weighted by atomic mass is 10.1. The van der Waals surface area contributed by atoms with Crippen LogP contribution in [0.4, 0.5) is 5.69 Å². The molecule has 3 nitrogen and oxygen atoms in total. The Hall–Kier alpha value is -1.14. The predicted octanol–water partition coefficient (Wildman–Crippen LogP) is 5.27. The summed E-state index contributed by atoms with van der Waals surface area (Å²) in [6, 6.07) is 9.94. The number of methoxy groups -OCH3 is 1. The average molecular weight is 432 g/mol. The lowest BCUT2D eigenvalue weighted by Crippen LogP contribution is -2.04. The molecule has 0 spiro atoms. The summed E-state index contributed by atoms with van der Waals surface area (Å²) < 4.78 is 12.1. The second-order valence-electron chi connectivity index (χ2n) is 4.85. The number of nitrogens with one attached hydrogen (secondary N) is 1. The molecule has 0 aromatic heterocycles. The zero-order valence-corrected chi connectivity index (χ0v) is 15.8. The van der Waals surface area contributed by atoms with Gasteiger partial charge >= 0.3 is 0 Å². The van der Waals surface area contributed by atoms with E-state index in [2.05, 4.69) is 40.9 Å². The number of anilines is 1. The van der Waals surface area contributed by atoms with Crippen LogP contribution < -0.4 is 14.8 Å². The van der Waals surface area contributed by atoms with Crippen LogP contribution in [0.15, 0.2) is 30.3 Å². The molecule has 0 amide bonds. The summed E-state index contributed by atoms with van der Waals surface area (Å²) in [5.41, 5.74) is 3.33. The van der Waals surface area contributed by atoms with Gasteiger partial charge in [-0.3, -0.25) is 0 Å². The van der Waals surface area contributed by atoms with E-state index < -0.39 is 0 Å². The van der Waals surface area contributed by atoms with Gasteiger partial charge in [-0.2, -0.15) is 0 Å². The van der Waals surface area contributed by atoms with Crippen molar-refractivity contribution in [3.8, 4) is 11.5 Å². The third-order valence-corrected chi connectivity index (χ3v) is 4.30. The molecule has 0 aliphatic rings. The van der Waals surface area contributed by atoms with Gasteiger partial charge in [0.05, 0.1) is 17.3 Å². The van der Waals surface area contributed by atoms with Crippen LogP contribution in [0.5, 0.6) is 11.5 Å². The first-order chi connectivity index (χ1) is 10.5. The largest absolute Gasteiger partial charge is 0.493 e. The maximum Gasteiger partial charge on any atom is 0.174 e. The molecule has 2 aromatic carbocycles. The van der Waals surface area contributed by atoms with Crippen molar-refractivity contribution in [2.75, 3.05) is 19.0 Å². The van der Waals surface area contributed by atoms with Crippen molar-refractivity contribution < 1.29 is 9.47 Å². The van der Waals surface area contributed by atoms with Gasteiger partial charge in [-0.25, -0.2) is 0 Å². The maximum absolute atomic E-state index is 6.05. The van der Waals surface area contributed by atoms with E-state index in [1.54, 1.807) is 7.11 Å². The highest BCUT2D eigenvalue weighted by atomic mass is 127. The fourth-order valence-corrected chi connectivity index (χ4v) is 3.14. The van der Waals surface area contributed by atoms with E-state index in [4.69, 9.17) is 21.1 Å². The van der Waals surface area contributed by atoms with Gasteiger partial charge in [-0.1, -0.05) is 17.7 Å². The van der Waals surface area contributed by atoms with E-state index in [9.17, 15) is 0 Å². The van der Waals surface area contributed by atoms with Gasteiger partial charge in [0.1, 0.15) is 0 Å². The molecule has 0 aliphatic carbocycles. The molecule has 2 aromatic rings. The molecule has 0 aliphatic heterocycles. The molecule has 0 bridgehead atoms. The minimum atomic E-state index is 0.617. The Morgan fingerprint density at radius 1 is 1.23 bits per heavy atom. The molecule has 0 atom stereocenters. The molecular formula is C17H19ClINO2. The van der Waals surface area contributed by atoms with Gasteiger partial charge in [-0.05, 0) is 71.8 Å². The first-order valence-corrected chi connectivity index (χ1v) is 8.50. The van der Waals surface area contributed by atoms with Crippen LogP contribution in [0.2, 0.25) is 5.02 Å². The van der Waals surface area contributed by atoms with Crippen LogP contribution >= 0.6 is 34.2 Å². The van der Waals surface area contributed by atoms with E-state index in [1.807, 2.05) is 31.2 Å². The van der Waals surface area contributed by atoms with Crippen molar-refractivity contribution in [3.05, 3.63) is 50.1 Å². The van der Waals surface area contributed by atoms with E-state index in [1.165, 1.54) is 0 Å². The molecule has 2 rings (SSSR count). The average Bonchev–Trinajstić information content (AvgIpc) is 2.50. The Balaban J connectivity index is 2.19. The molecule has 0 fully saturated rings. The Morgan fingerprint density at radius 2 is 2.00 bits per heavy atom. The summed E-state index contributed by atoms with van der Waals surface area (Å²) in [5, 5.41) is 4.14. The van der Waals surface area contributed by atoms with Crippen LogP contribution in [0.3, 0.4) is 0 Å². The monoisotopic (exact) mass is 431 g/mol. The number of hydrogen-bond donors (Lipinski definition) is 1. The first kappa shape index (κ1) is 17.2. The highest BCUT2D eigenvalue weighted by Gasteiger charge is 2.11. The van der Waals surface area contributed by atoms with Crippen molar-refractivity contribution >= 4 is 39.9 Å². The predicted molar refractivity (Wildman–Crippen MR) is 100 cm³/mol. The molecule has 0 unspecified atom stereocenters. The Morgan fingerprint density at radius 3 is 2.68 bits per heavy atom. The lowest BCUT2D eigenvalue weighted by molar-refractivity contribution is 0.308. The summed E-state index contributed by atoms with van der Waals surface area (Å²) in [6.07, 6.45) is 0. The van der Waals surface area contributed by atoms with Crippen LogP contribution in [0, 0.1) is 10.5 Å². The fraction of sp³-hybridized carbons (Fsp3) is 0.294. The zero-order chi connectivity index (χ0) is 16.1. The Bertz CT molecular complexity index is 661. The number of benzene rings is 2. The summed E-state index contributed by atoms with van der Waals surface area (Å²) in [5.74, 6) is 1.56. The fourth-order valence-electron chi connectivity index (χ4n) is 2.14. The minimum absolute atomic E-state index is 0.617. The first-order valence-electron chi connectivity index (χ1n) is 7.04. The topological polar surface area (TPSA) is 30.5 Å². The summed E-state index contributed by atoms with van der Waals surface area (Å²) in [7, 11) is 1.66. The third kappa shape index (κ3) is 4.20. The van der Waals surface area contributed by atoms with Crippen LogP contribution in [-0.2, 0) is 6.54 Å². The standard InChI is InChI=1S/C17H19ClINO2/c1-4-22-17-14(19)7-12(8-16(17)21-3)10-20-15-9-13(18)6-5-11(15)2/h5-9,20H,4,10H2,1-3H3. The number of ether oxygens (including phenoxy) is 2. The van der Waals surface area contributed by atoms with Crippen LogP contribution in [0.25, 0.3) is 0 Å². The molecular weight excluding hydrogens is 413 g/mol. The quantitative estimate of drug-likeness (QED) is 0.632. The van der Waals surface area contributed by atoms with Gasteiger partial charge in [-0.15, -0.1) is 0 Å². The zero-order valence-electron chi connectivity index (χ0n) is 12.9. The third-order valence-electron chi connectivity index (χ3n) is 3.26. The number of hydrogen-bond acceptors (Lipinski definition) is 3. The molecule has 118 valence electrons. The molecule has 0 radical (unpaired) electrons. The Labute approximate surface area is 150 Å². The van der Waals surface area contributed by atoms with E-state index in [-0.39, 0.29) is 0 Å². The van der Waals surface area contributed by atoms with Crippen molar-refractivity contribution in [2.45, 2.75) is 20.4 Å². The summed E-state index contributed by atoms with van der Waals surface area (Å²) in [6.45, 7) is 5.33. The highest BCUT2D eigenvalue weighted by Crippen LogP contribution is 2.34. The molecule has 0 saturated heterocycles. The Kier molecular flexibility index (Phi) is 6.20. The summed E-state index contributed by atoms with van der Waals surface area (Å²) in [4.78, 5) is 0. The molecule has 22 heavy (non-hydrogen) atoms. The second-order valence-corrected chi connectivity index (χ2v) is 6.45. The lowest BCUT2D eigenvalue weighted by Gasteiger charge is -2.15. The van der Waals surface area contributed by atoms with E-state index in [0.717, 1.165) is 36.9 Å². The van der Waals surface area contributed by atoms with Crippen molar-refractivity contribution in [1.29, 1.82) is 0 Å². The van der Waals surface area contributed by atoms with Gasteiger partial charge in [0, 0.05) is 17.3 Å². The number of aryl methyl sites for hydroxylation is 1. The second kappa shape index (κ2) is 7.92. The number of rotatable bonds is 6. The van der Waals surface area contributed by atoms with E-state index in [0.29, 0.717) is 13.2 Å². The summed E-state index contributed by atoms with van der Waals surface area (Å²) >= 11 is 8.32.